The van der Waals surface area contributed by atoms with E-state index in [9.17, 15) is 13.2 Å². The van der Waals surface area contributed by atoms with Crippen molar-refractivity contribution in [2.75, 3.05) is 16.2 Å². The minimum absolute atomic E-state index is 0.0390. The summed E-state index contributed by atoms with van der Waals surface area (Å²) < 4.78 is 27.3. The topological polar surface area (TPSA) is 79.4 Å². The lowest BCUT2D eigenvalue weighted by Gasteiger charge is -2.15. The first-order valence-electron chi connectivity index (χ1n) is 6.81. The van der Waals surface area contributed by atoms with Crippen LogP contribution in [-0.4, -0.2) is 25.9 Å². The lowest BCUT2D eigenvalue weighted by Crippen LogP contribution is -2.25. The molecule has 1 amide bonds. The standard InChI is InChI=1S/C15H15N3O3S/c1-11(19)18-8-6-12-9-14(4-5-15(12)18)22(20,21)17-13-3-2-7-16-10-13/h2-5,7,9-10,17H,6,8H2,1H3. The Hall–Kier alpha value is -2.41. The predicted molar refractivity (Wildman–Crippen MR) is 83.2 cm³/mol. The largest absolute Gasteiger partial charge is 0.312 e. The van der Waals surface area contributed by atoms with Gasteiger partial charge in [0, 0.05) is 25.4 Å². The average Bonchev–Trinajstić information content (AvgIpc) is 2.91. The van der Waals surface area contributed by atoms with Gasteiger partial charge < -0.3 is 4.90 Å². The monoisotopic (exact) mass is 317 g/mol. The van der Waals surface area contributed by atoms with Gasteiger partial charge in [0.05, 0.1) is 16.8 Å². The number of aromatic nitrogens is 1. The van der Waals surface area contributed by atoms with Crippen LogP contribution in [0.3, 0.4) is 0 Å². The van der Waals surface area contributed by atoms with Gasteiger partial charge in [0.2, 0.25) is 5.91 Å². The molecule has 1 aromatic carbocycles. The van der Waals surface area contributed by atoms with Crippen molar-refractivity contribution in [3.63, 3.8) is 0 Å². The van der Waals surface area contributed by atoms with E-state index in [-0.39, 0.29) is 10.8 Å². The molecule has 0 bridgehead atoms. The molecule has 0 atom stereocenters. The second-order valence-corrected chi connectivity index (χ2v) is 6.74. The molecule has 114 valence electrons. The van der Waals surface area contributed by atoms with Gasteiger partial charge in [-0.2, -0.15) is 0 Å². The zero-order chi connectivity index (χ0) is 15.7. The number of sulfonamides is 1. The number of pyridine rings is 1. The van der Waals surface area contributed by atoms with Gasteiger partial charge in [-0.05, 0) is 42.3 Å². The molecule has 3 rings (SSSR count). The van der Waals surface area contributed by atoms with Crippen LogP contribution in [0.5, 0.6) is 0 Å². The van der Waals surface area contributed by atoms with Crippen molar-refractivity contribution in [3.8, 4) is 0 Å². The number of benzene rings is 1. The van der Waals surface area contributed by atoms with Gasteiger partial charge in [0.15, 0.2) is 0 Å². The fraction of sp³-hybridized carbons (Fsp3) is 0.200. The molecule has 1 aliphatic rings. The number of nitrogens with zero attached hydrogens (tertiary/aromatic N) is 2. The number of fused-ring (bicyclic) bond motifs is 1. The van der Waals surface area contributed by atoms with E-state index in [0.29, 0.717) is 18.7 Å². The Morgan fingerprint density at radius 1 is 1.32 bits per heavy atom. The molecule has 0 unspecified atom stereocenters. The quantitative estimate of drug-likeness (QED) is 0.936. The number of anilines is 2. The van der Waals surface area contributed by atoms with E-state index in [2.05, 4.69) is 9.71 Å². The molecule has 7 heteroatoms. The summed E-state index contributed by atoms with van der Waals surface area (Å²) >= 11 is 0. The van der Waals surface area contributed by atoms with Gasteiger partial charge in [-0.25, -0.2) is 8.42 Å². The van der Waals surface area contributed by atoms with E-state index >= 15 is 0 Å². The van der Waals surface area contributed by atoms with E-state index in [1.807, 2.05) is 0 Å². The first-order valence-corrected chi connectivity index (χ1v) is 8.29. The Morgan fingerprint density at radius 3 is 2.82 bits per heavy atom. The SMILES string of the molecule is CC(=O)N1CCc2cc(S(=O)(=O)Nc3cccnc3)ccc21. The highest BCUT2D eigenvalue weighted by atomic mass is 32.2. The molecule has 0 fully saturated rings. The summed E-state index contributed by atoms with van der Waals surface area (Å²) in [5, 5.41) is 0. The minimum atomic E-state index is -3.67. The number of carbonyl (C=O) groups excluding carboxylic acids is 1. The minimum Gasteiger partial charge on any atom is -0.312 e. The van der Waals surface area contributed by atoms with Crippen molar-refractivity contribution in [3.05, 3.63) is 48.3 Å². The molecular weight excluding hydrogens is 302 g/mol. The molecule has 0 aliphatic carbocycles. The number of nitrogens with one attached hydrogen (secondary N) is 1. The second kappa shape index (κ2) is 5.42. The molecule has 0 spiro atoms. The fourth-order valence-corrected chi connectivity index (χ4v) is 3.60. The van der Waals surface area contributed by atoms with Crippen molar-refractivity contribution >= 4 is 27.3 Å². The molecule has 1 aliphatic heterocycles. The Bertz CT molecular complexity index is 819. The molecule has 1 N–H and O–H groups in total. The summed E-state index contributed by atoms with van der Waals surface area (Å²) in [5.74, 6) is -0.0390. The van der Waals surface area contributed by atoms with Crippen molar-refractivity contribution in [1.29, 1.82) is 0 Å². The van der Waals surface area contributed by atoms with E-state index in [0.717, 1.165) is 11.3 Å². The van der Waals surface area contributed by atoms with Gasteiger partial charge in [-0.3, -0.25) is 14.5 Å². The van der Waals surface area contributed by atoms with Crippen LogP contribution in [0.1, 0.15) is 12.5 Å². The summed E-state index contributed by atoms with van der Waals surface area (Å²) in [6.45, 7) is 2.09. The van der Waals surface area contributed by atoms with Crippen LogP contribution in [0.15, 0.2) is 47.6 Å². The number of hydrogen-bond donors (Lipinski definition) is 1. The predicted octanol–water partition coefficient (Wildman–Crippen LogP) is 1.79. The van der Waals surface area contributed by atoms with Crippen LogP contribution >= 0.6 is 0 Å². The van der Waals surface area contributed by atoms with Crippen molar-refractivity contribution < 1.29 is 13.2 Å². The summed E-state index contributed by atoms with van der Waals surface area (Å²) in [5.41, 5.74) is 2.06. The number of rotatable bonds is 3. The maximum Gasteiger partial charge on any atom is 0.261 e. The summed E-state index contributed by atoms with van der Waals surface area (Å²) in [7, 11) is -3.67. The maximum absolute atomic E-state index is 12.4. The molecule has 0 radical (unpaired) electrons. The Labute approximate surface area is 128 Å². The van der Waals surface area contributed by atoms with Crippen LogP contribution in [0.25, 0.3) is 0 Å². The lowest BCUT2D eigenvalue weighted by atomic mass is 10.2. The second-order valence-electron chi connectivity index (χ2n) is 5.06. The molecule has 1 aromatic heterocycles. The molecule has 0 saturated carbocycles. The van der Waals surface area contributed by atoms with E-state index in [4.69, 9.17) is 0 Å². The third kappa shape index (κ3) is 2.67. The van der Waals surface area contributed by atoms with E-state index in [1.54, 1.807) is 35.4 Å². The summed E-state index contributed by atoms with van der Waals surface area (Å²) in [6.07, 6.45) is 3.68. The van der Waals surface area contributed by atoms with Crippen LogP contribution in [0.4, 0.5) is 11.4 Å². The maximum atomic E-state index is 12.4. The first kappa shape index (κ1) is 14.5. The van der Waals surface area contributed by atoms with Gasteiger partial charge in [0.25, 0.3) is 10.0 Å². The summed E-state index contributed by atoms with van der Waals surface area (Å²) in [6, 6.07) is 8.11. The van der Waals surface area contributed by atoms with Gasteiger partial charge in [0.1, 0.15) is 0 Å². The van der Waals surface area contributed by atoms with Gasteiger partial charge in [-0.15, -0.1) is 0 Å². The van der Waals surface area contributed by atoms with Crippen LogP contribution in [0.2, 0.25) is 0 Å². The third-order valence-electron chi connectivity index (χ3n) is 3.55. The van der Waals surface area contributed by atoms with Gasteiger partial charge in [-0.1, -0.05) is 0 Å². The molecule has 22 heavy (non-hydrogen) atoms. The highest BCUT2D eigenvalue weighted by Gasteiger charge is 2.24. The molecule has 2 heterocycles. The third-order valence-corrected chi connectivity index (χ3v) is 4.93. The van der Waals surface area contributed by atoms with E-state index in [1.165, 1.54) is 19.2 Å². The molecule has 2 aromatic rings. The van der Waals surface area contributed by atoms with Crippen LogP contribution in [0, 0.1) is 0 Å². The van der Waals surface area contributed by atoms with Crippen LogP contribution < -0.4 is 9.62 Å². The average molecular weight is 317 g/mol. The molecule has 6 nitrogen and oxygen atoms in total. The van der Waals surface area contributed by atoms with Gasteiger partial charge >= 0.3 is 0 Å². The Morgan fingerprint density at radius 2 is 2.14 bits per heavy atom. The smallest absolute Gasteiger partial charge is 0.261 e. The Kier molecular flexibility index (Phi) is 3.58. The van der Waals surface area contributed by atoms with Crippen molar-refractivity contribution in [2.45, 2.75) is 18.2 Å². The number of amides is 1. The number of hydrogen-bond acceptors (Lipinski definition) is 4. The highest BCUT2D eigenvalue weighted by Crippen LogP contribution is 2.30. The first-order chi connectivity index (χ1) is 10.5. The fourth-order valence-electron chi connectivity index (χ4n) is 2.51. The van der Waals surface area contributed by atoms with Crippen molar-refractivity contribution in [2.24, 2.45) is 0 Å². The zero-order valence-electron chi connectivity index (χ0n) is 12.0. The molecular formula is C15H15N3O3S. The Balaban J connectivity index is 1.91. The number of carbonyl (C=O) groups is 1. The lowest BCUT2D eigenvalue weighted by molar-refractivity contribution is -0.116. The van der Waals surface area contributed by atoms with Crippen LogP contribution in [-0.2, 0) is 21.2 Å². The van der Waals surface area contributed by atoms with Crippen molar-refractivity contribution in [1.82, 2.24) is 4.98 Å². The zero-order valence-corrected chi connectivity index (χ0v) is 12.8. The van der Waals surface area contributed by atoms with E-state index < -0.39 is 10.0 Å². The molecule has 0 saturated heterocycles. The summed E-state index contributed by atoms with van der Waals surface area (Å²) in [4.78, 5) is 17.2. The highest BCUT2D eigenvalue weighted by molar-refractivity contribution is 7.92. The normalized spacial score (nSPS) is 13.8.